The zero-order valence-corrected chi connectivity index (χ0v) is 11.1. The first-order valence-corrected chi connectivity index (χ1v) is 7.40. The standard InChI is InChI=1S/C9H19ClN2O3S/c1-15-8-9(4-5-10)11-16(13,14)12-6-2-3-7-12/h9,11H,2-8H2,1H3. The van der Waals surface area contributed by atoms with Crippen LogP contribution in [-0.4, -0.2) is 51.5 Å². The van der Waals surface area contributed by atoms with Crippen LogP contribution in [0.1, 0.15) is 19.3 Å². The minimum absolute atomic E-state index is 0.243. The summed E-state index contributed by atoms with van der Waals surface area (Å²) in [6, 6.07) is -0.243. The van der Waals surface area contributed by atoms with Crippen molar-refractivity contribution >= 4 is 21.8 Å². The summed E-state index contributed by atoms with van der Waals surface area (Å²) in [6.07, 6.45) is 2.44. The van der Waals surface area contributed by atoms with Gasteiger partial charge in [0.25, 0.3) is 10.2 Å². The Morgan fingerprint density at radius 3 is 2.56 bits per heavy atom. The van der Waals surface area contributed by atoms with Crippen LogP contribution >= 0.6 is 11.6 Å². The maximum atomic E-state index is 11.9. The molecule has 0 saturated carbocycles. The Kier molecular flexibility index (Phi) is 5.99. The molecule has 1 unspecified atom stereocenters. The largest absolute Gasteiger partial charge is 0.383 e. The third-order valence-corrected chi connectivity index (χ3v) is 4.44. The molecule has 1 N–H and O–H groups in total. The molecule has 1 saturated heterocycles. The van der Waals surface area contributed by atoms with E-state index in [0.29, 0.717) is 32.0 Å². The lowest BCUT2D eigenvalue weighted by Crippen LogP contribution is -2.46. The average Bonchev–Trinajstić information content (AvgIpc) is 2.71. The summed E-state index contributed by atoms with van der Waals surface area (Å²) in [5.41, 5.74) is 0. The SMILES string of the molecule is COCC(CCCl)NS(=O)(=O)N1CCCC1. The van der Waals surface area contributed by atoms with Crippen LogP contribution in [0.5, 0.6) is 0 Å². The summed E-state index contributed by atoms with van der Waals surface area (Å²) in [5.74, 6) is 0.413. The first-order chi connectivity index (χ1) is 7.60. The van der Waals surface area contributed by atoms with Gasteiger partial charge in [-0.3, -0.25) is 0 Å². The van der Waals surface area contributed by atoms with Gasteiger partial charge in [0, 0.05) is 32.1 Å². The van der Waals surface area contributed by atoms with Crippen molar-refractivity contribution < 1.29 is 13.2 Å². The van der Waals surface area contributed by atoms with Crippen molar-refractivity contribution in [3.63, 3.8) is 0 Å². The Morgan fingerprint density at radius 2 is 2.06 bits per heavy atom. The first-order valence-electron chi connectivity index (χ1n) is 5.42. The van der Waals surface area contributed by atoms with E-state index < -0.39 is 10.2 Å². The zero-order chi connectivity index (χ0) is 12.0. The molecule has 1 atom stereocenters. The molecule has 0 aromatic carbocycles. The highest BCUT2D eigenvalue weighted by atomic mass is 35.5. The van der Waals surface area contributed by atoms with E-state index in [1.807, 2.05) is 0 Å². The van der Waals surface area contributed by atoms with Crippen molar-refractivity contribution in [2.75, 3.05) is 32.7 Å². The third kappa shape index (κ3) is 4.18. The molecule has 1 fully saturated rings. The van der Waals surface area contributed by atoms with Gasteiger partial charge in [0.1, 0.15) is 0 Å². The fourth-order valence-corrected chi connectivity index (χ4v) is 3.48. The van der Waals surface area contributed by atoms with E-state index >= 15 is 0 Å². The van der Waals surface area contributed by atoms with Gasteiger partial charge in [0.2, 0.25) is 0 Å². The summed E-state index contributed by atoms with van der Waals surface area (Å²) in [5, 5.41) is 0. The van der Waals surface area contributed by atoms with Crippen LogP contribution < -0.4 is 4.72 Å². The molecule has 0 aromatic heterocycles. The van der Waals surface area contributed by atoms with Gasteiger partial charge in [0.05, 0.1) is 6.61 Å². The first kappa shape index (κ1) is 14.2. The van der Waals surface area contributed by atoms with Crippen molar-refractivity contribution in [2.24, 2.45) is 0 Å². The number of alkyl halides is 1. The molecular weight excluding hydrogens is 252 g/mol. The second-order valence-corrected chi connectivity index (χ2v) is 5.94. The van der Waals surface area contributed by atoms with Gasteiger partial charge in [-0.25, -0.2) is 0 Å². The molecule has 1 aliphatic heterocycles. The number of hydrogen-bond acceptors (Lipinski definition) is 3. The Bertz CT molecular complexity index is 285. The summed E-state index contributed by atoms with van der Waals surface area (Å²) in [7, 11) is -1.81. The fraction of sp³-hybridized carbons (Fsp3) is 1.00. The van der Waals surface area contributed by atoms with Gasteiger partial charge in [-0.05, 0) is 19.3 Å². The van der Waals surface area contributed by atoms with Crippen LogP contribution in [0.2, 0.25) is 0 Å². The molecule has 1 aliphatic rings. The minimum atomic E-state index is -3.36. The van der Waals surface area contributed by atoms with Gasteiger partial charge < -0.3 is 4.74 Å². The predicted molar refractivity (Wildman–Crippen MR) is 63.9 cm³/mol. The van der Waals surface area contributed by atoms with Crippen molar-refractivity contribution in [3.8, 4) is 0 Å². The molecular formula is C9H19ClN2O3S. The van der Waals surface area contributed by atoms with E-state index in [1.165, 1.54) is 4.31 Å². The molecule has 1 rings (SSSR count). The molecule has 0 spiro atoms. The van der Waals surface area contributed by atoms with Gasteiger partial charge in [-0.1, -0.05) is 0 Å². The Hall–Kier alpha value is 0.120. The molecule has 0 radical (unpaired) electrons. The normalized spacial score (nSPS) is 20.1. The summed E-state index contributed by atoms with van der Waals surface area (Å²) >= 11 is 5.62. The van der Waals surface area contributed by atoms with Crippen molar-refractivity contribution in [3.05, 3.63) is 0 Å². The third-order valence-electron chi connectivity index (χ3n) is 2.55. The second kappa shape index (κ2) is 6.76. The Morgan fingerprint density at radius 1 is 1.44 bits per heavy atom. The van der Waals surface area contributed by atoms with E-state index in [4.69, 9.17) is 16.3 Å². The van der Waals surface area contributed by atoms with Crippen LogP contribution in [0.25, 0.3) is 0 Å². The number of hydrogen-bond donors (Lipinski definition) is 1. The summed E-state index contributed by atoms with van der Waals surface area (Å²) in [4.78, 5) is 0. The maximum Gasteiger partial charge on any atom is 0.279 e. The molecule has 0 bridgehead atoms. The predicted octanol–water partition coefficient (Wildman–Crippen LogP) is 0.561. The highest BCUT2D eigenvalue weighted by molar-refractivity contribution is 7.87. The smallest absolute Gasteiger partial charge is 0.279 e. The number of nitrogens with zero attached hydrogens (tertiary/aromatic N) is 1. The average molecular weight is 271 g/mol. The molecule has 0 amide bonds. The summed E-state index contributed by atoms with van der Waals surface area (Å²) < 4.78 is 32.9. The van der Waals surface area contributed by atoms with Gasteiger partial charge >= 0.3 is 0 Å². The molecule has 0 aliphatic carbocycles. The minimum Gasteiger partial charge on any atom is -0.383 e. The van der Waals surface area contributed by atoms with E-state index in [9.17, 15) is 8.42 Å². The Balaban J connectivity index is 2.54. The molecule has 96 valence electrons. The lowest BCUT2D eigenvalue weighted by Gasteiger charge is -2.21. The van der Waals surface area contributed by atoms with Crippen LogP contribution in [0, 0.1) is 0 Å². The van der Waals surface area contributed by atoms with E-state index in [-0.39, 0.29) is 6.04 Å². The topological polar surface area (TPSA) is 58.6 Å². The lowest BCUT2D eigenvalue weighted by molar-refractivity contribution is 0.172. The van der Waals surface area contributed by atoms with E-state index in [0.717, 1.165) is 12.8 Å². The van der Waals surface area contributed by atoms with E-state index in [2.05, 4.69) is 4.72 Å². The van der Waals surface area contributed by atoms with Crippen LogP contribution in [0.3, 0.4) is 0 Å². The quantitative estimate of drug-likeness (QED) is 0.688. The fourth-order valence-electron chi connectivity index (χ4n) is 1.72. The highest BCUT2D eigenvalue weighted by Gasteiger charge is 2.27. The number of rotatable bonds is 7. The van der Waals surface area contributed by atoms with Crippen molar-refractivity contribution in [1.82, 2.24) is 9.03 Å². The van der Waals surface area contributed by atoms with Crippen LogP contribution in [0.15, 0.2) is 0 Å². The molecule has 7 heteroatoms. The van der Waals surface area contributed by atoms with Gasteiger partial charge in [-0.15, -0.1) is 11.6 Å². The highest BCUT2D eigenvalue weighted by Crippen LogP contribution is 2.12. The number of nitrogens with one attached hydrogen (secondary N) is 1. The zero-order valence-electron chi connectivity index (χ0n) is 9.49. The van der Waals surface area contributed by atoms with Crippen LogP contribution in [-0.2, 0) is 14.9 Å². The van der Waals surface area contributed by atoms with E-state index in [1.54, 1.807) is 7.11 Å². The van der Waals surface area contributed by atoms with Crippen LogP contribution in [0.4, 0.5) is 0 Å². The number of halogens is 1. The number of ether oxygens (including phenoxy) is 1. The van der Waals surface area contributed by atoms with Crippen molar-refractivity contribution in [2.45, 2.75) is 25.3 Å². The molecule has 16 heavy (non-hydrogen) atoms. The maximum absolute atomic E-state index is 11.9. The Labute approximate surface area is 102 Å². The lowest BCUT2D eigenvalue weighted by atomic mass is 10.3. The summed E-state index contributed by atoms with van der Waals surface area (Å²) in [6.45, 7) is 1.56. The molecule has 0 aromatic rings. The van der Waals surface area contributed by atoms with Gasteiger partial charge in [-0.2, -0.15) is 17.4 Å². The second-order valence-electron chi connectivity index (χ2n) is 3.86. The molecule has 5 nitrogen and oxygen atoms in total. The number of methoxy groups -OCH3 is 1. The molecule has 1 heterocycles. The monoisotopic (exact) mass is 270 g/mol. The van der Waals surface area contributed by atoms with Gasteiger partial charge in [0.15, 0.2) is 0 Å². The van der Waals surface area contributed by atoms with Crippen molar-refractivity contribution in [1.29, 1.82) is 0 Å².